The number of guanidine groups is 2. The second-order valence-electron chi connectivity index (χ2n) is 17.6. The predicted octanol–water partition coefficient (Wildman–Crippen LogP) is 7.30. The van der Waals surface area contributed by atoms with Gasteiger partial charge >= 0.3 is 23.9 Å². The molecule has 2 unspecified atom stereocenters. The van der Waals surface area contributed by atoms with Gasteiger partial charge in [-0.1, -0.05) is 164 Å². The van der Waals surface area contributed by atoms with E-state index in [-0.39, 0.29) is 0 Å². The number of ether oxygens (including phenoxy) is 2. The van der Waals surface area contributed by atoms with Crippen LogP contribution in [0.15, 0.2) is 70.6 Å². The van der Waals surface area contributed by atoms with E-state index in [2.05, 4.69) is 56.4 Å². The lowest BCUT2D eigenvalue weighted by atomic mass is 10.1. The fraction of sp³-hybridized carbons (Fsp3) is 0.660. The van der Waals surface area contributed by atoms with E-state index >= 15 is 0 Å². The number of esters is 2. The van der Waals surface area contributed by atoms with E-state index in [1.807, 2.05) is 88.4 Å². The van der Waals surface area contributed by atoms with Gasteiger partial charge in [0, 0.05) is 26.2 Å². The number of nitrogens with zero attached hydrogens (tertiary/aromatic N) is 2. The van der Waals surface area contributed by atoms with Crippen LogP contribution < -0.4 is 42.5 Å². The van der Waals surface area contributed by atoms with E-state index in [1.54, 1.807) is 0 Å². The predicted molar refractivity (Wildman–Crippen MR) is 246 cm³/mol. The number of carbonyl (C=O) groups excluding carboxylic acids is 2. The van der Waals surface area contributed by atoms with Gasteiger partial charge in [0.15, 0.2) is 11.9 Å². The van der Waals surface area contributed by atoms with Crippen LogP contribution in [0.3, 0.4) is 0 Å². The molecule has 340 valence electrons. The summed E-state index contributed by atoms with van der Waals surface area (Å²) in [7, 11) is 0. The van der Waals surface area contributed by atoms with Crippen LogP contribution in [-0.2, 0) is 32.2 Å². The Morgan fingerprint density at radius 2 is 0.852 bits per heavy atom. The van der Waals surface area contributed by atoms with Crippen LogP contribution in [-0.4, -0.2) is 60.2 Å². The summed E-state index contributed by atoms with van der Waals surface area (Å²) in [4.78, 5) is 37.5. The molecule has 0 aromatic heterocycles. The van der Waals surface area contributed by atoms with Crippen LogP contribution >= 0.6 is 0 Å². The summed E-state index contributed by atoms with van der Waals surface area (Å²) in [5.74, 6) is -3.86. The van der Waals surface area contributed by atoms with Crippen molar-refractivity contribution in [1.82, 2.24) is 42.5 Å². The molecule has 0 aliphatic carbocycles. The number of hydrogen-bond donors (Lipinski definition) is 8. The Labute approximate surface area is 366 Å². The molecule has 0 radical (unpaired) electrons. The Balaban J connectivity index is 1.45. The Bertz CT molecular complexity index is 1520. The first-order chi connectivity index (χ1) is 29.3. The fourth-order valence-corrected chi connectivity index (χ4v) is 7.55. The number of aliphatic imine (C=N–C) groups is 2. The number of rotatable bonds is 28. The van der Waals surface area contributed by atoms with Gasteiger partial charge in [-0.2, -0.15) is 0 Å². The first-order valence-corrected chi connectivity index (χ1v) is 23.2. The smallest absolute Gasteiger partial charge is 0.321 e. The van der Waals surface area contributed by atoms with Crippen LogP contribution in [0.1, 0.15) is 162 Å². The van der Waals surface area contributed by atoms with Gasteiger partial charge in [0.1, 0.15) is 6.42 Å². The first-order valence-electron chi connectivity index (χ1n) is 23.2. The van der Waals surface area contributed by atoms with Gasteiger partial charge in [-0.05, 0) is 51.7 Å². The number of nitrogens with one attached hydrogen (secondary N) is 8. The number of benzene rings is 2. The lowest BCUT2D eigenvalue weighted by molar-refractivity contribution is -0.190. The standard InChI is InChI=1S/C47H78N10O4/c1-7-9-11-13-15-17-19-27-33-48-42-52-44(3,4)56-46(54-42,50-36-38-29-23-21-24-30-38)60-40(58)35-41(59)61-47(51-37-39-31-25-22-26-32-39)55-43(53-45(5,6)57-47)49-34-28-20-18-16-14-12-10-8-2/h21-26,29-32,50-51,56-57H,7-20,27-28,33-37H2,1-6H3,(H2,48,52,54)(H2,49,53,55). The van der Waals surface area contributed by atoms with E-state index in [9.17, 15) is 9.59 Å². The summed E-state index contributed by atoms with van der Waals surface area (Å²) in [5.41, 5.74) is 0.453. The van der Waals surface area contributed by atoms with Crippen LogP contribution in [0.2, 0.25) is 0 Å². The summed E-state index contributed by atoms with van der Waals surface area (Å²) in [6.45, 7) is 14.2. The molecule has 8 N–H and O–H groups in total. The molecule has 2 aromatic carbocycles. The van der Waals surface area contributed by atoms with Crippen LogP contribution in [0.25, 0.3) is 0 Å². The van der Waals surface area contributed by atoms with E-state index in [0.29, 0.717) is 38.1 Å². The van der Waals surface area contributed by atoms with Crippen molar-refractivity contribution in [2.45, 2.75) is 187 Å². The third kappa shape index (κ3) is 19.1. The monoisotopic (exact) mass is 847 g/mol. The van der Waals surface area contributed by atoms with Crippen molar-refractivity contribution in [2.75, 3.05) is 13.1 Å². The van der Waals surface area contributed by atoms with Crippen LogP contribution in [0.5, 0.6) is 0 Å². The molecule has 2 aromatic rings. The summed E-state index contributed by atoms with van der Waals surface area (Å²) >= 11 is 0. The van der Waals surface area contributed by atoms with E-state index in [1.165, 1.54) is 77.0 Å². The average molecular weight is 847 g/mol. The zero-order valence-corrected chi connectivity index (χ0v) is 38.2. The molecule has 14 heteroatoms. The van der Waals surface area contributed by atoms with Crippen molar-refractivity contribution in [1.29, 1.82) is 0 Å². The minimum absolute atomic E-state index is 0.351. The summed E-state index contributed by atoms with van der Waals surface area (Å²) in [6.07, 6.45) is 18.5. The Morgan fingerprint density at radius 3 is 1.21 bits per heavy atom. The van der Waals surface area contributed by atoms with E-state index in [4.69, 9.17) is 19.5 Å². The number of hydrogen-bond acceptors (Lipinski definition) is 10. The van der Waals surface area contributed by atoms with E-state index < -0.39 is 41.6 Å². The van der Waals surface area contributed by atoms with Crippen LogP contribution in [0.4, 0.5) is 0 Å². The lowest BCUT2D eigenvalue weighted by Crippen LogP contribution is -2.83. The molecule has 14 nitrogen and oxygen atoms in total. The highest BCUT2D eigenvalue weighted by molar-refractivity contribution is 5.92. The molecule has 4 rings (SSSR count). The quantitative estimate of drug-likeness (QED) is 0.0186. The van der Waals surface area contributed by atoms with E-state index in [0.717, 1.165) is 36.8 Å². The number of unbranched alkanes of at least 4 members (excludes halogenated alkanes) is 14. The third-order valence-electron chi connectivity index (χ3n) is 10.6. The zero-order valence-electron chi connectivity index (χ0n) is 38.2. The summed E-state index contributed by atoms with van der Waals surface area (Å²) < 4.78 is 12.3. The molecule has 2 aliphatic rings. The molecule has 2 saturated heterocycles. The van der Waals surface area contributed by atoms with Crippen molar-refractivity contribution >= 4 is 23.9 Å². The summed E-state index contributed by atoms with van der Waals surface area (Å²) in [6, 6.07) is 19.7. The third-order valence-corrected chi connectivity index (χ3v) is 10.6. The molecule has 61 heavy (non-hydrogen) atoms. The molecule has 0 amide bonds. The number of carbonyl (C=O) groups is 2. The van der Waals surface area contributed by atoms with Crippen LogP contribution in [0, 0.1) is 0 Å². The van der Waals surface area contributed by atoms with Gasteiger partial charge in [0.05, 0.1) is 11.3 Å². The molecular weight excluding hydrogens is 769 g/mol. The highest BCUT2D eigenvalue weighted by atomic mass is 16.6. The topological polar surface area (TPSA) is 174 Å². The van der Waals surface area contributed by atoms with Gasteiger partial charge in [-0.3, -0.25) is 30.2 Å². The summed E-state index contributed by atoms with van der Waals surface area (Å²) in [5, 5.41) is 26.8. The Kier molecular flexibility index (Phi) is 20.8. The van der Waals surface area contributed by atoms with Gasteiger partial charge in [0.25, 0.3) is 0 Å². The first kappa shape index (κ1) is 49.4. The second kappa shape index (κ2) is 25.6. The fourth-order valence-electron chi connectivity index (χ4n) is 7.55. The van der Waals surface area contributed by atoms with Crippen molar-refractivity contribution in [3.63, 3.8) is 0 Å². The molecule has 0 spiro atoms. The average Bonchev–Trinajstić information content (AvgIpc) is 3.20. The minimum atomic E-state index is -1.61. The maximum atomic E-state index is 13.9. The molecule has 2 atom stereocenters. The van der Waals surface area contributed by atoms with Gasteiger partial charge in [-0.25, -0.2) is 21.3 Å². The van der Waals surface area contributed by atoms with Crippen molar-refractivity contribution in [3.05, 3.63) is 71.8 Å². The molecule has 2 aliphatic heterocycles. The SMILES string of the molecule is CCCCCCCCCCN=C1NC(C)(C)NC(NCc2ccccc2)(OC(=O)CC(=O)OC2(NCc3ccccc3)NC(=NCCCCCCCCCC)NC(C)(C)N2)N1. The second-order valence-corrected chi connectivity index (χ2v) is 17.6. The highest BCUT2D eigenvalue weighted by Gasteiger charge is 2.47. The Morgan fingerprint density at radius 1 is 0.508 bits per heavy atom. The van der Waals surface area contributed by atoms with Crippen molar-refractivity contribution in [3.8, 4) is 0 Å². The molecule has 0 bridgehead atoms. The zero-order chi connectivity index (χ0) is 43.9. The highest BCUT2D eigenvalue weighted by Crippen LogP contribution is 2.18. The molecule has 2 heterocycles. The van der Waals surface area contributed by atoms with Gasteiger partial charge in [-0.15, -0.1) is 0 Å². The Hall–Kier alpha value is -4.24. The minimum Gasteiger partial charge on any atom is -0.410 e. The molecular formula is C47H78N10O4. The maximum Gasteiger partial charge on any atom is 0.321 e. The lowest BCUT2D eigenvalue weighted by Gasteiger charge is -2.48. The molecule has 0 saturated carbocycles. The molecule has 2 fully saturated rings. The maximum absolute atomic E-state index is 13.9. The van der Waals surface area contributed by atoms with Crippen molar-refractivity contribution < 1.29 is 19.1 Å². The largest absolute Gasteiger partial charge is 0.410 e. The normalized spacial score (nSPS) is 21.8. The van der Waals surface area contributed by atoms with Gasteiger partial charge in [0.2, 0.25) is 0 Å². The van der Waals surface area contributed by atoms with Gasteiger partial charge < -0.3 is 20.1 Å². The van der Waals surface area contributed by atoms with Crippen molar-refractivity contribution in [2.24, 2.45) is 9.98 Å².